The van der Waals surface area contributed by atoms with Gasteiger partial charge in [0.1, 0.15) is 0 Å². The number of likely N-dealkylation sites (N-methyl/N-ethyl adjacent to an activating group) is 2. The van der Waals surface area contributed by atoms with Crippen molar-refractivity contribution in [3.05, 3.63) is 0 Å². The minimum absolute atomic E-state index is 0.687. The highest BCUT2D eigenvalue weighted by atomic mass is 15.3. The fraction of sp³-hybridized carbons (Fsp3) is 1.00. The highest BCUT2D eigenvalue weighted by molar-refractivity contribution is 4.80. The van der Waals surface area contributed by atoms with E-state index in [-0.39, 0.29) is 0 Å². The number of piperazine rings is 1. The normalized spacial score (nSPS) is 24.3. The summed E-state index contributed by atoms with van der Waals surface area (Å²) < 4.78 is 0. The minimum Gasteiger partial charge on any atom is -0.315 e. The first kappa shape index (κ1) is 15.9. The molecule has 0 aromatic heterocycles. The average Bonchev–Trinajstić information content (AvgIpc) is 2.37. The average molecular weight is 255 g/mol. The van der Waals surface area contributed by atoms with Gasteiger partial charge in [0, 0.05) is 32.2 Å². The third kappa shape index (κ3) is 5.68. The van der Waals surface area contributed by atoms with Gasteiger partial charge < -0.3 is 10.2 Å². The zero-order valence-electron chi connectivity index (χ0n) is 12.9. The molecule has 0 radical (unpaired) electrons. The second-order valence-electron chi connectivity index (χ2n) is 5.97. The van der Waals surface area contributed by atoms with Gasteiger partial charge in [-0.15, -0.1) is 0 Å². The van der Waals surface area contributed by atoms with Crippen LogP contribution in [-0.2, 0) is 0 Å². The Labute approximate surface area is 114 Å². The van der Waals surface area contributed by atoms with Crippen molar-refractivity contribution in [2.24, 2.45) is 5.92 Å². The van der Waals surface area contributed by atoms with E-state index in [0.29, 0.717) is 6.04 Å². The van der Waals surface area contributed by atoms with E-state index in [2.05, 4.69) is 43.1 Å². The first-order chi connectivity index (χ1) is 8.67. The van der Waals surface area contributed by atoms with Gasteiger partial charge in [-0.25, -0.2) is 0 Å². The molecule has 0 spiro atoms. The van der Waals surface area contributed by atoms with E-state index in [1.807, 2.05) is 0 Å². The largest absolute Gasteiger partial charge is 0.315 e. The molecule has 0 aromatic carbocycles. The van der Waals surface area contributed by atoms with Crippen LogP contribution in [-0.4, -0.2) is 62.7 Å². The highest BCUT2D eigenvalue weighted by Gasteiger charge is 2.21. The lowest BCUT2D eigenvalue weighted by Crippen LogP contribution is -2.54. The SMILES string of the molecule is CCCCC(CC)CNCC1CN(C)CCN1C. The summed E-state index contributed by atoms with van der Waals surface area (Å²) in [5, 5.41) is 3.70. The number of rotatable bonds is 8. The van der Waals surface area contributed by atoms with Crippen LogP contribution in [0.3, 0.4) is 0 Å². The third-order valence-electron chi connectivity index (χ3n) is 4.34. The monoisotopic (exact) mass is 255 g/mol. The van der Waals surface area contributed by atoms with E-state index in [1.54, 1.807) is 0 Å². The maximum Gasteiger partial charge on any atom is 0.0345 e. The predicted molar refractivity (Wildman–Crippen MR) is 80.1 cm³/mol. The first-order valence-electron chi connectivity index (χ1n) is 7.76. The fourth-order valence-electron chi connectivity index (χ4n) is 2.72. The van der Waals surface area contributed by atoms with E-state index < -0.39 is 0 Å². The molecule has 0 bridgehead atoms. The smallest absolute Gasteiger partial charge is 0.0345 e. The molecule has 2 unspecified atom stereocenters. The third-order valence-corrected chi connectivity index (χ3v) is 4.34. The predicted octanol–water partition coefficient (Wildman–Crippen LogP) is 2.04. The van der Waals surface area contributed by atoms with Gasteiger partial charge in [0.05, 0.1) is 0 Å². The molecule has 1 heterocycles. The lowest BCUT2D eigenvalue weighted by molar-refractivity contribution is 0.112. The number of unbranched alkanes of at least 4 members (excludes halogenated alkanes) is 1. The molecule has 1 rings (SSSR count). The van der Waals surface area contributed by atoms with E-state index in [4.69, 9.17) is 0 Å². The number of nitrogens with one attached hydrogen (secondary N) is 1. The summed E-state index contributed by atoms with van der Waals surface area (Å²) in [6.07, 6.45) is 5.41. The summed E-state index contributed by atoms with van der Waals surface area (Å²) >= 11 is 0. The molecular weight excluding hydrogens is 222 g/mol. The van der Waals surface area contributed by atoms with Crippen molar-refractivity contribution in [1.82, 2.24) is 15.1 Å². The van der Waals surface area contributed by atoms with Crippen molar-refractivity contribution >= 4 is 0 Å². The summed E-state index contributed by atoms with van der Waals surface area (Å²) in [4.78, 5) is 4.95. The molecule has 0 aliphatic carbocycles. The molecule has 3 heteroatoms. The molecule has 3 nitrogen and oxygen atoms in total. The van der Waals surface area contributed by atoms with Gasteiger partial charge in [0.25, 0.3) is 0 Å². The van der Waals surface area contributed by atoms with Crippen molar-refractivity contribution in [2.75, 3.05) is 46.8 Å². The van der Waals surface area contributed by atoms with Crippen LogP contribution in [0.5, 0.6) is 0 Å². The molecule has 108 valence electrons. The van der Waals surface area contributed by atoms with Gasteiger partial charge in [-0.3, -0.25) is 4.90 Å². The van der Waals surface area contributed by atoms with Gasteiger partial charge >= 0.3 is 0 Å². The van der Waals surface area contributed by atoms with Crippen molar-refractivity contribution in [3.8, 4) is 0 Å². The maximum atomic E-state index is 3.70. The van der Waals surface area contributed by atoms with Crippen LogP contribution in [0, 0.1) is 5.92 Å². The van der Waals surface area contributed by atoms with Crippen LogP contribution in [0.15, 0.2) is 0 Å². The van der Waals surface area contributed by atoms with Crippen molar-refractivity contribution in [2.45, 2.75) is 45.6 Å². The molecule has 1 fully saturated rings. The number of hydrogen-bond donors (Lipinski definition) is 1. The Hall–Kier alpha value is -0.120. The molecular formula is C15H33N3. The molecule has 18 heavy (non-hydrogen) atoms. The van der Waals surface area contributed by atoms with Crippen LogP contribution in [0.25, 0.3) is 0 Å². The summed E-state index contributed by atoms with van der Waals surface area (Å²) in [7, 11) is 4.49. The summed E-state index contributed by atoms with van der Waals surface area (Å²) in [6.45, 7) is 10.6. The number of hydrogen-bond acceptors (Lipinski definition) is 3. The second kappa shape index (κ2) is 8.89. The molecule has 1 saturated heterocycles. The maximum absolute atomic E-state index is 3.70. The van der Waals surface area contributed by atoms with E-state index in [1.165, 1.54) is 51.9 Å². The van der Waals surface area contributed by atoms with Gasteiger partial charge in [0.2, 0.25) is 0 Å². The lowest BCUT2D eigenvalue weighted by atomic mass is 9.99. The topological polar surface area (TPSA) is 18.5 Å². The Bertz CT molecular complexity index is 208. The molecule has 0 saturated carbocycles. The molecule has 1 aliphatic rings. The summed E-state index contributed by atoms with van der Waals surface area (Å²) in [5.41, 5.74) is 0. The lowest BCUT2D eigenvalue weighted by Gasteiger charge is -2.38. The van der Waals surface area contributed by atoms with Crippen LogP contribution < -0.4 is 5.32 Å². The van der Waals surface area contributed by atoms with Crippen LogP contribution in [0.1, 0.15) is 39.5 Å². The zero-order chi connectivity index (χ0) is 13.4. The number of nitrogens with zero attached hydrogens (tertiary/aromatic N) is 2. The first-order valence-corrected chi connectivity index (χ1v) is 7.76. The van der Waals surface area contributed by atoms with E-state index in [9.17, 15) is 0 Å². The van der Waals surface area contributed by atoms with Crippen molar-refractivity contribution < 1.29 is 0 Å². The van der Waals surface area contributed by atoms with Crippen molar-refractivity contribution in [1.29, 1.82) is 0 Å². The molecule has 1 N–H and O–H groups in total. The zero-order valence-corrected chi connectivity index (χ0v) is 12.9. The Morgan fingerprint density at radius 2 is 2.00 bits per heavy atom. The Morgan fingerprint density at radius 1 is 1.22 bits per heavy atom. The fourth-order valence-corrected chi connectivity index (χ4v) is 2.72. The Balaban J connectivity index is 2.18. The highest BCUT2D eigenvalue weighted by Crippen LogP contribution is 2.11. The van der Waals surface area contributed by atoms with Crippen LogP contribution in [0.2, 0.25) is 0 Å². The molecule has 0 amide bonds. The van der Waals surface area contributed by atoms with Crippen molar-refractivity contribution in [3.63, 3.8) is 0 Å². The Kier molecular flexibility index (Phi) is 7.87. The summed E-state index contributed by atoms with van der Waals surface area (Å²) in [6, 6.07) is 0.687. The quantitative estimate of drug-likeness (QED) is 0.716. The van der Waals surface area contributed by atoms with Gasteiger partial charge in [-0.05, 0) is 33.0 Å². The van der Waals surface area contributed by atoms with E-state index in [0.717, 1.165) is 12.5 Å². The molecule has 2 atom stereocenters. The molecule has 0 aromatic rings. The van der Waals surface area contributed by atoms with Crippen LogP contribution >= 0.6 is 0 Å². The minimum atomic E-state index is 0.687. The van der Waals surface area contributed by atoms with Crippen LogP contribution in [0.4, 0.5) is 0 Å². The van der Waals surface area contributed by atoms with Gasteiger partial charge in [0.15, 0.2) is 0 Å². The summed E-state index contributed by atoms with van der Waals surface area (Å²) in [5.74, 6) is 0.872. The Morgan fingerprint density at radius 3 is 2.67 bits per heavy atom. The second-order valence-corrected chi connectivity index (χ2v) is 5.97. The molecule has 1 aliphatic heterocycles. The van der Waals surface area contributed by atoms with Gasteiger partial charge in [-0.2, -0.15) is 0 Å². The van der Waals surface area contributed by atoms with Gasteiger partial charge in [-0.1, -0.05) is 33.1 Å². The van der Waals surface area contributed by atoms with E-state index >= 15 is 0 Å². The standard InChI is InChI=1S/C15H33N3/c1-5-7-8-14(6-2)11-16-12-15-13-17(3)9-10-18(15)4/h14-16H,5-13H2,1-4H3.